The van der Waals surface area contributed by atoms with Crippen molar-refractivity contribution in [3.8, 4) is 0 Å². The zero-order valence-corrected chi connectivity index (χ0v) is 11.3. The third-order valence-corrected chi connectivity index (χ3v) is 3.03. The molecule has 4 heteroatoms. The highest BCUT2D eigenvalue weighted by atomic mass is 16.5. The Bertz CT molecular complexity index is 299. The molecule has 0 amide bonds. The Labute approximate surface area is 104 Å². The van der Waals surface area contributed by atoms with Crippen LogP contribution >= 0.6 is 0 Å². The molecule has 0 aromatic carbocycles. The van der Waals surface area contributed by atoms with Crippen LogP contribution in [0.4, 0.5) is 0 Å². The van der Waals surface area contributed by atoms with Crippen molar-refractivity contribution >= 4 is 0 Å². The van der Waals surface area contributed by atoms with Crippen LogP contribution < -0.4 is 5.32 Å². The average Bonchev–Trinajstić information content (AvgIpc) is 2.72. The van der Waals surface area contributed by atoms with Crippen LogP contribution in [-0.4, -0.2) is 35.9 Å². The molecule has 0 saturated carbocycles. The van der Waals surface area contributed by atoms with Crippen LogP contribution in [0.3, 0.4) is 0 Å². The van der Waals surface area contributed by atoms with Crippen molar-refractivity contribution in [1.29, 1.82) is 0 Å². The summed E-state index contributed by atoms with van der Waals surface area (Å²) in [7, 11) is 3.81. The lowest BCUT2D eigenvalue weighted by atomic mass is 10.1. The highest BCUT2D eigenvalue weighted by Crippen LogP contribution is 2.07. The monoisotopic (exact) mass is 239 g/mol. The molecule has 0 bridgehead atoms. The fourth-order valence-electron chi connectivity index (χ4n) is 2.05. The summed E-state index contributed by atoms with van der Waals surface area (Å²) in [5, 5.41) is 3.53. The lowest BCUT2D eigenvalue weighted by Crippen LogP contribution is -2.30. The topological polar surface area (TPSA) is 39.1 Å². The number of imidazole rings is 1. The van der Waals surface area contributed by atoms with Gasteiger partial charge in [-0.25, -0.2) is 4.98 Å². The number of hydrogen-bond acceptors (Lipinski definition) is 3. The van der Waals surface area contributed by atoms with Crippen molar-refractivity contribution in [1.82, 2.24) is 14.9 Å². The van der Waals surface area contributed by atoms with Gasteiger partial charge in [0.2, 0.25) is 0 Å². The SMILES string of the molecule is CCNC(CCCOC)CCc1nccn1C. The van der Waals surface area contributed by atoms with Crippen molar-refractivity contribution in [3.05, 3.63) is 18.2 Å². The smallest absolute Gasteiger partial charge is 0.108 e. The molecule has 0 aliphatic rings. The Morgan fingerprint density at radius 1 is 1.47 bits per heavy atom. The summed E-state index contributed by atoms with van der Waals surface area (Å²) in [5.41, 5.74) is 0. The summed E-state index contributed by atoms with van der Waals surface area (Å²) < 4.78 is 7.19. The maximum atomic E-state index is 5.10. The van der Waals surface area contributed by atoms with Gasteiger partial charge in [-0.15, -0.1) is 0 Å². The molecule has 4 nitrogen and oxygen atoms in total. The lowest BCUT2D eigenvalue weighted by molar-refractivity contribution is 0.188. The van der Waals surface area contributed by atoms with Crippen molar-refractivity contribution in [3.63, 3.8) is 0 Å². The Morgan fingerprint density at radius 3 is 2.88 bits per heavy atom. The van der Waals surface area contributed by atoms with E-state index in [-0.39, 0.29) is 0 Å². The molecule has 1 heterocycles. The minimum Gasteiger partial charge on any atom is -0.385 e. The number of rotatable bonds is 9. The Hall–Kier alpha value is -0.870. The molecule has 0 radical (unpaired) electrons. The number of nitrogens with zero attached hydrogens (tertiary/aromatic N) is 2. The van der Waals surface area contributed by atoms with Gasteiger partial charge in [0.25, 0.3) is 0 Å². The molecular weight excluding hydrogens is 214 g/mol. The molecule has 1 N–H and O–H groups in total. The first-order valence-corrected chi connectivity index (χ1v) is 6.46. The highest BCUT2D eigenvalue weighted by molar-refractivity contribution is 4.92. The van der Waals surface area contributed by atoms with Crippen LogP contribution in [0.25, 0.3) is 0 Å². The molecule has 17 heavy (non-hydrogen) atoms. The van der Waals surface area contributed by atoms with Gasteiger partial charge in [0.15, 0.2) is 0 Å². The lowest BCUT2D eigenvalue weighted by Gasteiger charge is -2.17. The minimum absolute atomic E-state index is 0.576. The number of ether oxygens (including phenoxy) is 1. The van der Waals surface area contributed by atoms with Gasteiger partial charge in [-0.2, -0.15) is 0 Å². The van der Waals surface area contributed by atoms with Crippen molar-refractivity contribution < 1.29 is 4.74 Å². The second kappa shape index (κ2) is 8.25. The first-order valence-electron chi connectivity index (χ1n) is 6.46. The summed E-state index contributed by atoms with van der Waals surface area (Å²) in [6.07, 6.45) is 8.34. The van der Waals surface area contributed by atoms with Crippen molar-refractivity contribution in [2.24, 2.45) is 7.05 Å². The molecule has 0 saturated heterocycles. The third kappa shape index (κ3) is 5.33. The first kappa shape index (κ1) is 14.2. The summed E-state index contributed by atoms with van der Waals surface area (Å²) >= 11 is 0. The normalized spacial score (nSPS) is 12.9. The second-order valence-corrected chi connectivity index (χ2v) is 4.38. The van der Waals surface area contributed by atoms with Gasteiger partial charge in [0.05, 0.1) is 0 Å². The van der Waals surface area contributed by atoms with Crippen LogP contribution in [0, 0.1) is 0 Å². The van der Waals surface area contributed by atoms with Crippen LogP contribution in [0.5, 0.6) is 0 Å². The van der Waals surface area contributed by atoms with Crippen LogP contribution in [0.15, 0.2) is 12.4 Å². The Balaban J connectivity index is 2.30. The molecule has 0 fully saturated rings. The zero-order valence-electron chi connectivity index (χ0n) is 11.3. The average molecular weight is 239 g/mol. The number of aromatic nitrogens is 2. The maximum absolute atomic E-state index is 5.10. The molecular formula is C13H25N3O. The van der Waals surface area contributed by atoms with E-state index in [0.29, 0.717) is 6.04 Å². The van der Waals surface area contributed by atoms with Gasteiger partial charge >= 0.3 is 0 Å². The molecule has 98 valence electrons. The predicted octanol–water partition coefficient (Wildman–Crippen LogP) is 1.76. The van der Waals surface area contributed by atoms with E-state index in [1.54, 1.807) is 7.11 Å². The summed E-state index contributed by atoms with van der Waals surface area (Å²) in [6.45, 7) is 4.03. The van der Waals surface area contributed by atoms with E-state index in [0.717, 1.165) is 32.4 Å². The fraction of sp³-hybridized carbons (Fsp3) is 0.769. The number of hydrogen-bond donors (Lipinski definition) is 1. The number of nitrogens with one attached hydrogen (secondary N) is 1. The van der Waals surface area contributed by atoms with Gasteiger partial charge in [-0.1, -0.05) is 6.92 Å². The molecule has 0 aliphatic carbocycles. The van der Waals surface area contributed by atoms with Gasteiger partial charge in [-0.05, 0) is 25.8 Å². The van der Waals surface area contributed by atoms with Gasteiger partial charge in [-0.3, -0.25) is 0 Å². The Kier molecular flexibility index (Phi) is 6.89. The van der Waals surface area contributed by atoms with E-state index >= 15 is 0 Å². The van der Waals surface area contributed by atoms with E-state index in [1.807, 2.05) is 12.4 Å². The molecule has 0 aliphatic heterocycles. The minimum atomic E-state index is 0.576. The molecule has 1 aromatic heterocycles. The quantitative estimate of drug-likeness (QED) is 0.667. The van der Waals surface area contributed by atoms with E-state index in [1.165, 1.54) is 12.2 Å². The van der Waals surface area contributed by atoms with E-state index < -0.39 is 0 Å². The molecule has 0 spiro atoms. The number of methoxy groups -OCH3 is 1. The van der Waals surface area contributed by atoms with Gasteiger partial charge in [0.1, 0.15) is 5.82 Å². The zero-order chi connectivity index (χ0) is 12.5. The molecule has 1 unspecified atom stereocenters. The van der Waals surface area contributed by atoms with Crippen molar-refractivity contribution in [2.45, 2.75) is 38.6 Å². The van der Waals surface area contributed by atoms with E-state index in [2.05, 4.69) is 28.8 Å². The molecule has 1 aromatic rings. The van der Waals surface area contributed by atoms with Crippen LogP contribution in [0.2, 0.25) is 0 Å². The highest BCUT2D eigenvalue weighted by Gasteiger charge is 2.08. The predicted molar refractivity (Wildman–Crippen MR) is 70.1 cm³/mol. The molecule has 1 atom stereocenters. The van der Waals surface area contributed by atoms with Gasteiger partial charge < -0.3 is 14.6 Å². The van der Waals surface area contributed by atoms with Crippen LogP contribution in [-0.2, 0) is 18.2 Å². The molecule has 1 rings (SSSR count). The second-order valence-electron chi connectivity index (χ2n) is 4.38. The third-order valence-electron chi connectivity index (χ3n) is 3.03. The first-order chi connectivity index (χ1) is 8.27. The van der Waals surface area contributed by atoms with Gasteiger partial charge in [0, 0.05) is 45.6 Å². The Morgan fingerprint density at radius 2 is 2.29 bits per heavy atom. The summed E-state index contributed by atoms with van der Waals surface area (Å²) in [4.78, 5) is 4.35. The van der Waals surface area contributed by atoms with Crippen LogP contribution in [0.1, 0.15) is 32.0 Å². The fourth-order valence-corrected chi connectivity index (χ4v) is 2.05. The maximum Gasteiger partial charge on any atom is 0.108 e. The standard InChI is InChI=1S/C13H25N3O/c1-4-14-12(6-5-11-17-3)7-8-13-15-9-10-16(13)2/h9-10,12,14H,4-8,11H2,1-3H3. The number of aryl methyl sites for hydroxylation is 2. The van der Waals surface area contributed by atoms with Crippen molar-refractivity contribution in [2.75, 3.05) is 20.3 Å². The van der Waals surface area contributed by atoms with E-state index in [9.17, 15) is 0 Å². The largest absolute Gasteiger partial charge is 0.385 e. The summed E-state index contributed by atoms with van der Waals surface area (Å²) in [5.74, 6) is 1.17. The summed E-state index contributed by atoms with van der Waals surface area (Å²) in [6, 6.07) is 0.576. The van der Waals surface area contributed by atoms with E-state index in [4.69, 9.17) is 4.74 Å².